The molecule has 0 aromatic heterocycles. The second-order valence-electron chi connectivity index (χ2n) is 6.31. The Labute approximate surface area is 160 Å². The highest BCUT2D eigenvalue weighted by Gasteiger charge is 2.51. The molecule has 0 radical (unpaired) electrons. The van der Waals surface area contributed by atoms with Gasteiger partial charge in [-0.2, -0.15) is 5.26 Å². The average molecular weight is 383 g/mol. The first-order valence-electron chi connectivity index (χ1n) is 8.18. The van der Waals surface area contributed by atoms with Gasteiger partial charge < -0.3 is 5.11 Å². The van der Waals surface area contributed by atoms with Crippen LogP contribution >= 0.6 is 23.4 Å². The van der Waals surface area contributed by atoms with Crippen LogP contribution in [0.5, 0.6) is 0 Å². The number of amides is 1. The number of fused-ring (bicyclic) bond motifs is 1. The summed E-state index contributed by atoms with van der Waals surface area (Å²) in [6, 6.07) is 18.6. The first kappa shape index (κ1) is 17.2. The number of nitriles is 1. The molecule has 0 saturated carbocycles. The second kappa shape index (κ2) is 6.48. The fourth-order valence-corrected chi connectivity index (χ4v) is 5.19. The van der Waals surface area contributed by atoms with E-state index in [0.717, 1.165) is 5.56 Å². The zero-order valence-corrected chi connectivity index (χ0v) is 15.3. The van der Waals surface area contributed by atoms with Crippen LogP contribution < -0.4 is 0 Å². The summed E-state index contributed by atoms with van der Waals surface area (Å²) in [4.78, 5) is 14.4. The average Bonchev–Trinajstić information content (AvgIpc) is 3.02. The molecule has 1 fully saturated rings. The number of hydrogen-bond acceptors (Lipinski definition) is 4. The third kappa shape index (κ3) is 2.53. The quantitative estimate of drug-likeness (QED) is 0.853. The number of allylic oxidation sites excluding steroid dienone is 1. The van der Waals surface area contributed by atoms with E-state index >= 15 is 0 Å². The lowest BCUT2D eigenvalue weighted by Gasteiger charge is -2.38. The van der Waals surface area contributed by atoms with Gasteiger partial charge in [0, 0.05) is 22.9 Å². The summed E-state index contributed by atoms with van der Waals surface area (Å²) in [5, 5.41) is 22.1. The molecule has 2 aromatic rings. The van der Waals surface area contributed by atoms with Gasteiger partial charge >= 0.3 is 0 Å². The molecule has 0 bridgehead atoms. The highest BCUT2D eigenvalue weighted by atomic mass is 35.5. The lowest BCUT2D eigenvalue weighted by molar-refractivity contribution is -0.149. The van der Waals surface area contributed by atoms with Crippen LogP contribution in [-0.2, 0) is 10.5 Å². The Morgan fingerprint density at radius 3 is 2.58 bits per heavy atom. The molecule has 0 aliphatic carbocycles. The van der Waals surface area contributed by atoms with Crippen molar-refractivity contribution in [3.05, 3.63) is 81.3 Å². The lowest BCUT2D eigenvalue weighted by atomic mass is 9.85. The Morgan fingerprint density at radius 1 is 1.19 bits per heavy atom. The van der Waals surface area contributed by atoms with Gasteiger partial charge in [-0.15, -0.1) is 11.8 Å². The Kier molecular flexibility index (Phi) is 4.28. The molecule has 4 rings (SSSR count). The molecule has 26 heavy (non-hydrogen) atoms. The number of benzene rings is 2. The molecule has 130 valence electrons. The van der Waals surface area contributed by atoms with Gasteiger partial charge in [-0.25, -0.2) is 0 Å². The Bertz CT molecular complexity index is 954. The molecule has 1 saturated heterocycles. The zero-order valence-electron chi connectivity index (χ0n) is 13.7. The van der Waals surface area contributed by atoms with E-state index in [-0.39, 0.29) is 12.3 Å². The molecule has 4 nitrogen and oxygen atoms in total. The number of thioether (sulfide) groups is 1. The van der Waals surface area contributed by atoms with Crippen molar-refractivity contribution >= 4 is 29.3 Å². The Hall–Kier alpha value is -2.26. The van der Waals surface area contributed by atoms with E-state index in [1.54, 1.807) is 18.2 Å². The number of aliphatic hydroxyl groups is 1. The standard InChI is InChI=1S/C20H15ClN2O2S/c21-17-9-5-4-8-14(17)15-10-18(24)23-19(16(15)11-22)26-12-20(23,25)13-6-2-1-3-7-13/h1-9,15,25H,10,12H2. The largest absolute Gasteiger partial charge is 0.366 e. The molecule has 2 atom stereocenters. The van der Waals surface area contributed by atoms with E-state index in [0.29, 0.717) is 26.9 Å². The molecule has 2 aromatic carbocycles. The fraction of sp³-hybridized carbons (Fsp3) is 0.200. The van der Waals surface area contributed by atoms with Crippen molar-refractivity contribution in [1.29, 1.82) is 5.26 Å². The van der Waals surface area contributed by atoms with Crippen LogP contribution in [0, 0.1) is 11.3 Å². The number of rotatable bonds is 2. The summed E-state index contributed by atoms with van der Waals surface area (Å²) < 4.78 is 0. The molecule has 2 aliphatic rings. The summed E-state index contributed by atoms with van der Waals surface area (Å²) in [7, 11) is 0. The van der Waals surface area contributed by atoms with Crippen LogP contribution in [0.2, 0.25) is 5.02 Å². The van der Waals surface area contributed by atoms with E-state index < -0.39 is 11.6 Å². The van der Waals surface area contributed by atoms with Gasteiger partial charge in [0.25, 0.3) is 0 Å². The SMILES string of the molecule is N#CC1=C2SCC(O)(c3ccccc3)N2C(=O)CC1c1ccccc1Cl. The highest BCUT2D eigenvalue weighted by molar-refractivity contribution is 8.03. The monoisotopic (exact) mass is 382 g/mol. The van der Waals surface area contributed by atoms with Crippen LogP contribution in [0.25, 0.3) is 0 Å². The van der Waals surface area contributed by atoms with Gasteiger partial charge in [0.1, 0.15) is 0 Å². The van der Waals surface area contributed by atoms with Gasteiger partial charge in [-0.05, 0) is 11.6 Å². The number of carbonyl (C=O) groups is 1. The lowest BCUT2D eigenvalue weighted by Crippen LogP contribution is -2.48. The molecule has 2 heterocycles. The molecule has 2 unspecified atom stereocenters. The summed E-state index contributed by atoms with van der Waals surface area (Å²) >= 11 is 7.65. The van der Waals surface area contributed by atoms with Crippen molar-refractivity contribution in [2.75, 3.05) is 5.75 Å². The number of hydrogen-bond donors (Lipinski definition) is 1. The van der Waals surface area contributed by atoms with E-state index in [1.165, 1.54) is 16.7 Å². The minimum Gasteiger partial charge on any atom is -0.366 e. The third-order valence-corrected chi connectivity index (χ3v) is 6.39. The van der Waals surface area contributed by atoms with Crippen LogP contribution in [0.1, 0.15) is 23.5 Å². The number of carbonyl (C=O) groups excluding carboxylic acids is 1. The van der Waals surface area contributed by atoms with Crippen molar-refractivity contribution in [2.24, 2.45) is 0 Å². The molecule has 2 aliphatic heterocycles. The van der Waals surface area contributed by atoms with Gasteiger partial charge in [-0.1, -0.05) is 60.1 Å². The molecule has 1 amide bonds. The predicted octanol–water partition coefficient (Wildman–Crippen LogP) is 3.98. The molecule has 0 spiro atoms. The summed E-state index contributed by atoms with van der Waals surface area (Å²) in [6.07, 6.45) is 0.103. The first-order valence-corrected chi connectivity index (χ1v) is 9.55. The molecule has 1 N–H and O–H groups in total. The maximum absolute atomic E-state index is 13.0. The normalized spacial score (nSPS) is 25.2. The van der Waals surface area contributed by atoms with Crippen LogP contribution in [0.4, 0.5) is 0 Å². The van der Waals surface area contributed by atoms with Gasteiger partial charge in [0.2, 0.25) is 5.91 Å². The topological polar surface area (TPSA) is 64.3 Å². The third-order valence-electron chi connectivity index (χ3n) is 4.83. The maximum atomic E-state index is 13.0. The van der Waals surface area contributed by atoms with Crippen LogP contribution in [0.3, 0.4) is 0 Å². The van der Waals surface area contributed by atoms with E-state index in [1.807, 2.05) is 36.4 Å². The van der Waals surface area contributed by atoms with E-state index in [4.69, 9.17) is 11.6 Å². The van der Waals surface area contributed by atoms with Crippen molar-refractivity contribution in [3.8, 4) is 6.07 Å². The van der Waals surface area contributed by atoms with Crippen molar-refractivity contribution < 1.29 is 9.90 Å². The van der Waals surface area contributed by atoms with Crippen molar-refractivity contribution in [3.63, 3.8) is 0 Å². The molecule has 6 heteroatoms. The van der Waals surface area contributed by atoms with Crippen molar-refractivity contribution in [1.82, 2.24) is 4.90 Å². The summed E-state index contributed by atoms with van der Waals surface area (Å²) in [6.45, 7) is 0. The van der Waals surface area contributed by atoms with Crippen LogP contribution in [-0.4, -0.2) is 21.7 Å². The van der Waals surface area contributed by atoms with Gasteiger partial charge in [0.15, 0.2) is 5.72 Å². The number of halogens is 1. The second-order valence-corrected chi connectivity index (χ2v) is 7.68. The minimum absolute atomic E-state index is 0.103. The minimum atomic E-state index is -1.44. The Morgan fingerprint density at radius 2 is 1.88 bits per heavy atom. The van der Waals surface area contributed by atoms with Gasteiger partial charge in [0.05, 0.1) is 22.4 Å². The van der Waals surface area contributed by atoms with Crippen molar-refractivity contribution in [2.45, 2.75) is 18.1 Å². The number of nitrogens with zero attached hydrogens (tertiary/aromatic N) is 2. The highest BCUT2D eigenvalue weighted by Crippen LogP contribution is 2.52. The molecular weight excluding hydrogens is 368 g/mol. The zero-order chi connectivity index (χ0) is 18.3. The van der Waals surface area contributed by atoms with E-state index in [9.17, 15) is 15.2 Å². The molecular formula is C20H15ClN2O2S. The predicted molar refractivity (Wildman–Crippen MR) is 101 cm³/mol. The van der Waals surface area contributed by atoms with E-state index in [2.05, 4.69) is 6.07 Å². The smallest absolute Gasteiger partial charge is 0.231 e. The summed E-state index contributed by atoms with van der Waals surface area (Å²) in [5.41, 5.74) is 0.451. The van der Waals surface area contributed by atoms with Crippen LogP contribution in [0.15, 0.2) is 65.2 Å². The van der Waals surface area contributed by atoms with Gasteiger partial charge in [-0.3, -0.25) is 9.69 Å². The summed E-state index contributed by atoms with van der Waals surface area (Å²) in [5.74, 6) is -0.309. The Balaban J connectivity index is 1.84. The fourth-order valence-electron chi connectivity index (χ4n) is 3.57. The maximum Gasteiger partial charge on any atom is 0.231 e. The first-order chi connectivity index (χ1) is 12.6.